The van der Waals surface area contributed by atoms with Crippen LogP contribution in [0.1, 0.15) is 35.0 Å². The second-order valence-electron chi connectivity index (χ2n) is 7.69. The van der Waals surface area contributed by atoms with Gasteiger partial charge in [0.2, 0.25) is 5.91 Å². The van der Waals surface area contributed by atoms with Crippen molar-refractivity contribution in [2.24, 2.45) is 0 Å². The number of carbonyl (C=O) groups excluding carboxylic acids is 1. The molecule has 31 heavy (non-hydrogen) atoms. The summed E-state index contributed by atoms with van der Waals surface area (Å²) in [6.07, 6.45) is 3.69. The third-order valence-corrected chi connectivity index (χ3v) is 5.58. The average molecular weight is 419 g/mol. The molecule has 0 bridgehead atoms. The Morgan fingerprint density at radius 1 is 1.23 bits per heavy atom. The van der Waals surface area contributed by atoms with Crippen molar-refractivity contribution in [1.29, 1.82) is 0 Å². The van der Waals surface area contributed by atoms with Gasteiger partial charge in [0.15, 0.2) is 5.82 Å². The van der Waals surface area contributed by atoms with E-state index in [0.29, 0.717) is 31.7 Å². The third kappa shape index (κ3) is 4.58. The molecule has 0 saturated carbocycles. The smallest absolute Gasteiger partial charge is 0.294 e. The maximum atomic E-state index is 13.0. The van der Waals surface area contributed by atoms with E-state index in [-0.39, 0.29) is 17.3 Å². The molecule has 4 rings (SSSR count). The number of nitrogens with one attached hydrogen (secondary N) is 2. The average Bonchev–Trinajstić information content (AvgIpc) is 3.20. The zero-order valence-corrected chi connectivity index (χ0v) is 17.5. The Bertz CT molecular complexity index is 1140. The number of hydrogen-bond acceptors (Lipinski definition) is 6. The fraction of sp³-hybridized carbons (Fsp3) is 0.304. The molecule has 1 aliphatic rings. The molecule has 3 aromatic rings. The molecule has 1 atom stereocenters. The summed E-state index contributed by atoms with van der Waals surface area (Å²) in [4.78, 5) is 34.4. The minimum Gasteiger partial charge on any atom is -0.384 e. The van der Waals surface area contributed by atoms with Gasteiger partial charge in [-0.3, -0.25) is 14.2 Å². The van der Waals surface area contributed by atoms with Crippen LogP contribution in [0.15, 0.2) is 53.5 Å². The largest absolute Gasteiger partial charge is 0.384 e. The van der Waals surface area contributed by atoms with Crippen molar-refractivity contribution >= 4 is 17.5 Å². The van der Waals surface area contributed by atoms with Crippen molar-refractivity contribution in [1.82, 2.24) is 19.9 Å². The number of rotatable bonds is 7. The quantitative estimate of drug-likeness (QED) is 0.541. The van der Waals surface area contributed by atoms with Crippen molar-refractivity contribution < 1.29 is 4.79 Å². The molecular formula is C23H26N6O2. The molecule has 0 spiro atoms. The first-order valence-corrected chi connectivity index (χ1v) is 10.4. The van der Waals surface area contributed by atoms with E-state index in [1.807, 2.05) is 43.3 Å². The van der Waals surface area contributed by atoms with E-state index < -0.39 is 6.04 Å². The fourth-order valence-electron chi connectivity index (χ4n) is 3.88. The number of fused-ring (bicyclic) bond motifs is 1. The molecule has 0 radical (unpaired) electrons. The van der Waals surface area contributed by atoms with Gasteiger partial charge in [-0.15, -0.1) is 0 Å². The SMILES string of the molecule is Cc1nc(N)ccc1CNC(=O)[C@@H]1CCc2cnc(NCCc3ccccc3)c(=O)n21. The van der Waals surface area contributed by atoms with Crippen LogP contribution in [-0.4, -0.2) is 27.0 Å². The van der Waals surface area contributed by atoms with E-state index in [9.17, 15) is 9.59 Å². The summed E-state index contributed by atoms with van der Waals surface area (Å²) in [6, 6.07) is 13.1. The number of aryl methyl sites for hydroxylation is 2. The Balaban J connectivity index is 1.43. The maximum Gasteiger partial charge on any atom is 0.294 e. The number of nitrogens with two attached hydrogens (primary N) is 1. The van der Waals surface area contributed by atoms with Gasteiger partial charge < -0.3 is 16.4 Å². The Morgan fingerprint density at radius 2 is 2.03 bits per heavy atom. The highest BCUT2D eigenvalue weighted by Crippen LogP contribution is 2.24. The first-order chi connectivity index (χ1) is 15.0. The summed E-state index contributed by atoms with van der Waals surface area (Å²) in [5.41, 5.74) is 9.06. The molecule has 0 fully saturated rings. The highest BCUT2D eigenvalue weighted by molar-refractivity contribution is 5.81. The number of aromatic nitrogens is 3. The van der Waals surface area contributed by atoms with Gasteiger partial charge in [0, 0.05) is 30.7 Å². The van der Waals surface area contributed by atoms with Crippen LogP contribution in [0.25, 0.3) is 0 Å². The lowest BCUT2D eigenvalue weighted by molar-refractivity contribution is -0.124. The van der Waals surface area contributed by atoms with Gasteiger partial charge in [-0.25, -0.2) is 9.97 Å². The van der Waals surface area contributed by atoms with Crippen LogP contribution in [0, 0.1) is 6.92 Å². The number of nitrogens with zero attached hydrogens (tertiary/aromatic N) is 3. The standard InChI is InChI=1S/C23H26N6O2/c1-15-17(7-10-20(24)28-15)13-27-22(30)19-9-8-18-14-26-21(23(31)29(18)19)25-12-11-16-5-3-2-4-6-16/h2-7,10,14,19H,8-9,11-13H2,1H3,(H2,24,28)(H,25,26)(H,27,30)/t19-/m0/s1. The van der Waals surface area contributed by atoms with Gasteiger partial charge in [-0.1, -0.05) is 36.4 Å². The van der Waals surface area contributed by atoms with E-state index in [0.717, 1.165) is 23.4 Å². The number of nitrogen functional groups attached to an aromatic ring is 1. The van der Waals surface area contributed by atoms with Crippen LogP contribution in [0.3, 0.4) is 0 Å². The zero-order valence-electron chi connectivity index (χ0n) is 17.5. The summed E-state index contributed by atoms with van der Waals surface area (Å²) in [7, 11) is 0. The van der Waals surface area contributed by atoms with E-state index >= 15 is 0 Å². The summed E-state index contributed by atoms with van der Waals surface area (Å²) >= 11 is 0. The van der Waals surface area contributed by atoms with Crippen LogP contribution < -0.4 is 21.9 Å². The lowest BCUT2D eigenvalue weighted by Gasteiger charge is -2.16. The first-order valence-electron chi connectivity index (χ1n) is 10.4. The zero-order chi connectivity index (χ0) is 21.8. The highest BCUT2D eigenvalue weighted by atomic mass is 16.2. The molecule has 0 unspecified atom stereocenters. The molecular weight excluding hydrogens is 392 g/mol. The van der Waals surface area contributed by atoms with Crippen LogP contribution in [0.2, 0.25) is 0 Å². The molecule has 160 valence electrons. The number of pyridine rings is 1. The van der Waals surface area contributed by atoms with Crippen LogP contribution in [0.4, 0.5) is 11.6 Å². The Kier molecular flexibility index (Phi) is 5.97. The monoisotopic (exact) mass is 418 g/mol. The van der Waals surface area contributed by atoms with Crippen molar-refractivity contribution in [3.8, 4) is 0 Å². The second-order valence-corrected chi connectivity index (χ2v) is 7.69. The topological polar surface area (TPSA) is 115 Å². The summed E-state index contributed by atoms with van der Waals surface area (Å²) in [5.74, 6) is 0.542. The van der Waals surface area contributed by atoms with Gasteiger partial charge in [0.25, 0.3) is 5.56 Å². The highest BCUT2D eigenvalue weighted by Gasteiger charge is 2.30. The Labute approximate surface area is 180 Å². The van der Waals surface area contributed by atoms with Crippen molar-refractivity contribution in [2.75, 3.05) is 17.6 Å². The Morgan fingerprint density at radius 3 is 2.81 bits per heavy atom. The second kappa shape index (κ2) is 8.99. The molecule has 0 saturated heterocycles. The number of carbonyl (C=O) groups is 1. The molecule has 2 aromatic heterocycles. The van der Waals surface area contributed by atoms with Crippen LogP contribution >= 0.6 is 0 Å². The maximum absolute atomic E-state index is 13.0. The van der Waals surface area contributed by atoms with Gasteiger partial charge >= 0.3 is 0 Å². The van der Waals surface area contributed by atoms with Crippen LogP contribution in [-0.2, 0) is 24.2 Å². The molecule has 4 N–H and O–H groups in total. The normalized spacial score (nSPS) is 14.8. The van der Waals surface area contributed by atoms with Gasteiger partial charge in [0.1, 0.15) is 11.9 Å². The van der Waals surface area contributed by atoms with Gasteiger partial charge in [-0.2, -0.15) is 0 Å². The minimum atomic E-state index is -0.540. The molecule has 1 aromatic carbocycles. The van der Waals surface area contributed by atoms with E-state index in [1.54, 1.807) is 16.8 Å². The minimum absolute atomic E-state index is 0.182. The van der Waals surface area contributed by atoms with Crippen molar-refractivity contribution in [3.63, 3.8) is 0 Å². The number of benzene rings is 1. The van der Waals surface area contributed by atoms with Crippen molar-refractivity contribution in [3.05, 3.63) is 81.5 Å². The summed E-state index contributed by atoms with van der Waals surface area (Å²) in [6.45, 7) is 2.78. The summed E-state index contributed by atoms with van der Waals surface area (Å²) in [5, 5.41) is 6.06. The Hall–Kier alpha value is -3.68. The third-order valence-electron chi connectivity index (χ3n) is 5.58. The lowest BCUT2D eigenvalue weighted by Crippen LogP contribution is -2.36. The van der Waals surface area contributed by atoms with Crippen LogP contribution in [0.5, 0.6) is 0 Å². The lowest BCUT2D eigenvalue weighted by atomic mass is 10.1. The number of hydrogen-bond donors (Lipinski definition) is 3. The van der Waals surface area contributed by atoms with E-state index in [1.165, 1.54) is 5.56 Å². The number of anilines is 2. The molecule has 1 aliphatic heterocycles. The predicted molar refractivity (Wildman–Crippen MR) is 120 cm³/mol. The molecule has 1 amide bonds. The molecule has 8 heteroatoms. The van der Waals surface area contributed by atoms with Gasteiger partial charge in [0.05, 0.1) is 0 Å². The fourth-order valence-corrected chi connectivity index (χ4v) is 3.88. The summed E-state index contributed by atoms with van der Waals surface area (Å²) < 4.78 is 1.57. The van der Waals surface area contributed by atoms with Gasteiger partial charge in [-0.05, 0) is 43.4 Å². The number of amides is 1. The van der Waals surface area contributed by atoms with Crippen molar-refractivity contribution in [2.45, 2.75) is 38.8 Å². The first kappa shape index (κ1) is 20.6. The molecule has 8 nitrogen and oxygen atoms in total. The molecule has 0 aliphatic carbocycles. The van der Waals surface area contributed by atoms with E-state index in [2.05, 4.69) is 20.6 Å². The van der Waals surface area contributed by atoms with E-state index in [4.69, 9.17) is 5.73 Å². The predicted octanol–water partition coefficient (Wildman–Crippen LogP) is 1.99. The molecule has 3 heterocycles.